The molecule has 0 spiro atoms. The third-order valence-corrected chi connectivity index (χ3v) is 5.01. The Kier molecular flexibility index (Phi) is 6.96. The Labute approximate surface area is 154 Å². The molecule has 0 saturated carbocycles. The van der Waals surface area contributed by atoms with Crippen molar-refractivity contribution in [1.82, 2.24) is 20.1 Å². The summed E-state index contributed by atoms with van der Waals surface area (Å²) in [6.45, 7) is 4.34. The lowest BCUT2D eigenvalue weighted by molar-refractivity contribution is -0.135. The first-order valence-electron chi connectivity index (χ1n) is 9.51. The summed E-state index contributed by atoms with van der Waals surface area (Å²) in [5.41, 5.74) is 0.945. The zero-order valence-corrected chi connectivity index (χ0v) is 15.2. The number of carbonyl (C=O) groups excluding carboxylic acids is 2. The van der Waals surface area contributed by atoms with E-state index in [-0.39, 0.29) is 24.4 Å². The molecule has 1 N–H and O–H groups in total. The minimum atomic E-state index is -0.102. The van der Waals surface area contributed by atoms with Gasteiger partial charge in [-0.2, -0.15) is 0 Å². The largest absolute Gasteiger partial charge is 0.379 e. The Hall–Kier alpha value is -1.99. The minimum absolute atomic E-state index is 0.0175. The molecule has 2 fully saturated rings. The number of pyridine rings is 1. The van der Waals surface area contributed by atoms with Crippen molar-refractivity contribution in [3.63, 3.8) is 0 Å². The number of nitrogens with zero attached hydrogens (tertiary/aromatic N) is 3. The Morgan fingerprint density at radius 1 is 1.19 bits per heavy atom. The van der Waals surface area contributed by atoms with Gasteiger partial charge in [0.05, 0.1) is 31.5 Å². The SMILES string of the molecule is O=C(CN1CCCCCC1=O)NCC(c1ccccn1)N1CCOCC1. The number of hydrogen-bond donors (Lipinski definition) is 1. The van der Waals surface area contributed by atoms with Gasteiger partial charge in [-0.1, -0.05) is 12.5 Å². The van der Waals surface area contributed by atoms with Crippen LogP contribution in [0.4, 0.5) is 0 Å². The monoisotopic (exact) mass is 360 g/mol. The molecule has 1 atom stereocenters. The van der Waals surface area contributed by atoms with Crippen LogP contribution in [-0.4, -0.2) is 72.5 Å². The van der Waals surface area contributed by atoms with Crippen molar-refractivity contribution in [1.29, 1.82) is 0 Å². The maximum Gasteiger partial charge on any atom is 0.239 e. The van der Waals surface area contributed by atoms with E-state index < -0.39 is 0 Å². The first-order valence-corrected chi connectivity index (χ1v) is 9.51. The van der Waals surface area contributed by atoms with E-state index >= 15 is 0 Å². The van der Waals surface area contributed by atoms with Crippen molar-refractivity contribution < 1.29 is 14.3 Å². The molecule has 7 heteroatoms. The van der Waals surface area contributed by atoms with Gasteiger partial charge in [0, 0.05) is 38.8 Å². The van der Waals surface area contributed by atoms with E-state index in [1.165, 1.54) is 0 Å². The summed E-state index contributed by atoms with van der Waals surface area (Å²) in [7, 11) is 0. The number of amides is 2. The summed E-state index contributed by atoms with van der Waals surface area (Å²) in [6.07, 6.45) is 5.29. The molecule has 2 amide bonds. The third kappa shape index (κ3) is 5.25. The van der Waals surface area contributed by atoms with E-state index in [2.05, 4.69) is 15.2 Å². The van der Waals surface area contributed by atoms with Crippen LogP contribution >= 0.6 is 0 Å². The second kappa shape index (κ2) is 9.64. The van der Waals surface area contributed by atoms with E-state index in [0.717, 1.165) is 38.0 Å². The van der Waals surface area contributed by atoms with E-state index in [0.29, 0.717) is 32.7 Å². The highest BCUT2D eigenvalue weighted by molar-refractivity contribution is 5.84. The number of nitrogens with one attached hydrogen (secondary N) is 1. The minimum Gasteiger partial charge on any atom is -0.379 e. The van der Waals surface area contributed by atoms with Crippen molar-refractivity contribution in [2.45, 2.75) is 31.7 Å². The number of likely N-dealkylation sites (tertiary alicyclic amines) is 1. The fourth-order valence-corrected chi connectivity index (χ4v) is 3.53. The van der Waals surface area contributed by atoms with Crippen molar-refractivity contribution in [2.24, 2.45) is 0 Å². The molecule has 2 aliphatic heterocycles. The van der Waals surface area contributed by atoms with Crippen molar-refractivity contribution in [3.05, 3.63) is 30.1 Å². The fraction of sp³-hybridized carbons (Fsp3) is 0.632. The van der Waals surface area contributed by atoms with Gasteiger partial charge in [-0.3, -0.25) is 19.5 Å². The molecule has 3 rings (SSSR count). The van der Waals surface area contributed by atoms with Crippen LogP contribution in [0.1, 0.15) is 37.4 Å². The van der Waals surface area contributed by atoms with Gasteiger partial charge in [-0.25, -0.2) is 0 Å². The number of ether oxygens (including phenoxy) is 1. The predicted octanol–water partition coefficient (Wildman–Crippen LogP) is 0.974. The lowest BCUT2D eigenvalue weighted by Crippen LogP contribution is -2.46. The molecule has 1 aromatic heterocycles. The lowest BCUT2D eigenvalue weighted by Gasteiger charge is -2.34. The van der Waals surface area contributed by atoms with Gasteiger partial charge in [0.25, 0.3) is 0 Å². The molecule has 2 aliphatic rings. The van der Waals surface area contributed by atoms with Crippen molar-refractivity contribution in [3.8, 4) is 0 Å². The van der Waals surface area contributed by atoms with E-state index in [9.17, 15) is 9.59 Å². The molecule has 1 aromatic rings. The summed E-state index contributed by atoms with van der Waals surface area (Å²) < 4.78 is 5.44. The fourth-order valence-electron chi connectivity index (χ4n) is 3.53. The highest BCUT2D eigenvalue weighted by Gasteiger charge is 2.25. The Morgan fingerprint density at radius 2 is 2.04 bits per heavy atom. The van der Waals surface area contributed by atoms with E-state index in [1.54, 1.807) is 11.1 Å². The second-order valence-corrected chi connectivity index (χ2v) is 6.85. The van der Waals surface area contributed by atoms with Gasteiger partial charge >= 0.3 is 0 Å². The Bertz CT molecular complexity index is 590. The maximum atomic E-state index is 12.4. The van der Waals surface area contributed by atoms with E-state index in [1.807, 2.05) is 18.2 Å². The van der Waals surface area contributed by atoms with Crippen molar-refractivity contribution in [2.75, 3.05) is 45.9 Å². The number of morpholine rings is 1. The highest BCUT2D eigenvalue weighted by atomic mass is 16.5. The van der Waals surface area contributed by atoms with Gasteiger partial charge < -0.3 is 15.0 Å². The van der Waals surface area contributed by atoms with Crippen LogP contribution in [0.5, 0.6) is 0 Å². The van der Waals surface area contributed by atoms with Crippen LogP contribution in [0.2, 0.25) is 0 Å². The number of carbonyl (C=O) groups is 2. The van der Waals surface area contributed by atoms with Gasteiger partial charge in [-0.15, -0.1) is 0 Å². The second-order valence-electron chi connectivity index (χ2n) is 6.85. The smallest absolute Gasteiger partial charge is 0.239 e. The number of rotatable bonds is 6. The average molecular weight is 360 g/mol. The number of hydrogen-bond acceptors (Lipinski definition) is 5. The molecule has 1 unspecified atom stereocenters. The molecule has 0 aromatic carbocycles. The predicted molar refractivity (Wildman–Crippen MR) is 97.4 cm³/mol. The average Bonchev–Trinajstić information content (AvgIpc) is 2.88. The van der Waals surface area contributed by atoms with Crippen LogP contribution < -0.4 is 5.32 Å². The topological polar surface area (TPSA) is 74.8 Å². The van der Waals surface area contributed by atoms with Crippen LogP contribution in [0.3, 0.4) is 0 Å². The van der Waals surface area contributed by atoms with Crippen molar-refractivity contribution >= 4 is 11.8 Å². The first kappa shape index (κ1) is 18.8. The molecule has 0 bridgehead atoms. The molecule has 3 heterocycles. The number of aromatic nitrogens is 1. The zero-order chi connectivity index (χ0) is 18.2. The summed E-state index contributed by atoms with van der Waals surface area (Å²) >= 11 is 0. The van der Waals surface area contributed by atoms with Gasteiger partial charge in [-0.05, 0) is 25.0 Å². The van der Waals surface area contributed by atoms with Gasteiger partial charge in [0.2, 0.25) is 11.8 Å². The lowest BCUT2D eigenvalue weighted by atomic mass is 10.1. The van der Waals surface area contributed by atoms with Crippen LogP contribution in [-0.2, 0) is 14.3 Å². The molecule has 2 saturated heterocycles. The molecule has 26 heavy (non-hydrogen) atoms. The quantitative estimate of drug-likeness (QED) is 0.818. The van der Waals surface area contributed by atoms with Gasteiger partial charge in [0.15, 0.2) is 0 Å². The molecule has 142 valence electrons. The Balaban J connectivity index is 1.58. The van der Waals surface area contributed by atoms with E-state index in [4.69, 9.17) is 4.74 Å². The molecular weight excluding hydrogens is 332 g/mol. The standard InChI is InChI=1S/C19H28N4O3/c24-18(15-23-9-5-1-2-7-19(23)25)21-14-17(16-6-3-4-8-20-16)22-10-12-26-13-11-22/h3-4,6,8,17H,1-2,5,7,9-15H2,(H,21,24). The third-order valence-electron chi connectivity index (χ3n) is 5.01. The molecule has 7 nitrogen and oxygen atoms in total. The zero-order valence-electron chi connectivity index (χ0n) is 15.2. The van der Waals surface area contributed by atoms with Gasteiger partial charge in [0.1, 0.15) is 0 Å². The van der Waals surface area contributed by atoms with Crippen LogP contribution in [0, 0.1) is 0 Å². The first-order chi connectivity index (χ1) is 12.7. The Morgan fingerprint density at radius 3 is 2.81 bits per heavy atom. The summed E-state index contributed by atoms with van der Waals surface area (Å²) in [5, 5.41) is 3.01. The molecular formula is C19H28N4O3. The molecule has 0 radical (unpaired) electrons. The normalized spacial score (nSPS) is 20.5. The summed E-state index contributed by atoms with van der Waals surface area (Å²) in [4.78, 5) is 32.9. The molecule has 0 aliphatic carbocycles. The highest BCUT2D eigenvalue weighted by Crippen LogP contribution is 2.19. The van der Waals surface area contributed by atoms with Crippen LogP contribution in [0.25, 0.3) is 0 Å². The summed E-state index contributed by atoms with van der Waals surface area (Å²) in [5.74, 6) is -0.0125. The van der Waals surface area contributed by atoms with Crippen LogP contribution in [0.15, 0.2) is 24.4 Å². The summed E-state index contributed by atoms with van der Waals surface area (Å²) in [6, 6.07) is 5.87. The maximum absolute atomic E-state index is 12.4.